The van der Waals surface area contributed by atoms with Crippen molar-refractivity contribution in [2.45, 2.75) is 24.7 Å². The molecule has 4 atom stereocenters. The molecule has 5 N–H and O–H groups in total. The Kier molecular flexibility index (Phi) is 8.69. The first-order valence-electron chi connectivity index (χ1n) is 13.3. The first-order valence-corrected chi connectivity index (χ1v) is 14.1. The number of aromatic nitrogens is 3. The first kappa shape index (κ1) is 28.5. The Morgan fingerprint density at radius 2 is 1.80 bits per heavy atom. The van der Waals surface area contributed by atoms with Crippen molar-refractivity contribution < 1.29 is 15.3 Å². The van der Waals surface area contributed by atoms with Crippen molar-refractivity contribution in [3.63, 3.8) is 0 Å². The van der Waals surface area contributed by atoms with Gasteiger partial charge in [-0.15, -0.1) is 23.7 Å². The molecule has 12 heteroatoms. The molecule has 1 aliphatic carbocycles. The number of hydrogen-bond donors (Lipinski definition) is 5. The van der Waals surface area contributed by atoms with Crippen molar-refractivity contribution in [2.24, 2.45) is 5.92 Å². The molecule has 0 spiro atoms. The zero-order chi connectivity index (χ0) is 26.9. The third kappa shape index (κ3) is 5.85. The van der Waals surface area contributed by atoms with Crippen LogP contribution in [-0.2, 0) is 0 Å². The predicted molar refractivity (Wildman–Crippen MR) is 162 cm³/mol. The van der Waals surface area contributed by atoms with Crippen molar-refractivity contribution >= 4 is 57.1 Å². The molecule has 0 bridgehead atoms. The molecule has 2 fully saturated rings. The maximum atomic E-state index is 10.7. The van der Waals surface area contributed by atoms with E-state index < -0.39 is 24.2 Å². The molecule has 2 aromatic carbocycles. The second-order valence-corrected chi connectivity index (χ2v) is 11.3. The highest BCUT2D eigenvalue weighted by atomic mass is 35.5. The number of aliphatic hydroxyl groups excluding tert-OH is 3. The molecule has 10 nitrogen and oxygen atoms in total. The van der Waals surface area contributed by atoms with Gasteiger partial charge in [-0.3, -0.25) is 0 Å². The summed E-state index contributed by atoms with van der Waals surface area (Å²) in [5.74, 6) is 0.515. The lowest BCUT2D eigenvalue weighted by molar-refractivity contribution is 0.00446. The molecule has 40 heavy (non-hydrogen) atoms. The van der Waals surface area contributed by atoms with Crippen molar-refractivity contribution in [3.8, 4) is 10.6 Å². The van der Waals surface area contributed by atoms with Crippen LogP contribution in [0.2, 0.25) is 0 Å². The maximum Gasteiger partial charge on any atom is 0.229 e. The standard InChI is InChI=1S/C28H33N7O3S.ClH/c1-34-9-11-35(12-10-34)19-6-4-5-18(14-19)30-28-29-15-20(27-32-21-7-2-3-8-23(21)39-27)26(33-28)31-22-13-17(16-36)24(37)25(22)38;/h2-8,14-15,17,22,24-25,36-38H,9-13,16H2,1H3,(H2,29,30,31,33);1H/t17-,22?,24-,25+;/m1./s1. The lowest BCUT2D eigenvalue weighted by atomic mass is 10.1. The van der Waals surface area contributed by atoms with Crippen LogP contribution in [0.15, 0.2) is 54.7 Å². The molecule has 2 aromatic heterocycles. The lowest BCUT2D eigenvalue weighted by Crippen LogP contribution is -2.44. The number of anilines is 4. The van der Waals surface area contributed by atoms with Crippen LogP contribution in [0.25, 0.3) is 20.8 Å². The molecule has 4 aromatic rings. The minimum Gasteiger partial charge on any atom is -0.396 e. The molecule has 1 saturated heterocycles. The Balaban J connectivity index is 0.00000323. The third-order valence-electron chi connectivity index (χ3n) is 7.64. The van der Waals surface area contributed by atoms with Gasteiger partial charge >= 0.3 is 0 Å². The van der Waals surface area contributed by atoms with E-state index in [0.29, 0.717) is 23.8 Å². The molecule has 1 unspecified atom stereocenters. The van der Waals surface area contributed by atoms with E-state index >= 15 is 0 Å². The number of rotatable bonds is 7. The van der Waals surface area contributed by atoms with E-state index in [0.717, 1.165) is 52.8 Å². The van der Waals surface area contributed by atoms with Gasteiger partial charge in [0.15, 0.2) is 0 Å². The highest BCUT2D eigenvalue weighted by molar-refractivity contribution is 7.21. The Morgan fingerprint density at radius 1 is 1.00 bits per heavy atom. The van der Waals surface area contributed by atoms with Gasteiger partial charge in [0.25, 0.3) is 0 Å². The minimum atomic E-state index is -1.03. The number of hydrogen-bond acceptors (Lipinski definition) is 11. The fourth-order valence-corrected chi connectivity index (χ4v) is 6.27. The molecule has 6 rings (SSSR count). The van der Waals surface area contributed by atoms with E-state index in [1.807, 2.05) is 36.4 Å². The molecular formula is C28H34ClN7O3S. The van der Waals surface area contributed by atoms with Gasteiger partial charge in [-0.25, -0.2) is 9.97 Å². The number of likely N-dealkylation sites (N-methyl/N-ethyl adjacent to an activating group) is 1. The number of benzene rings is 2. The topological polar surface area (TPSA) is 130 Å². The second kappa shape index (κ2) is 12.2. The number of fused-ring (bicyclic) bond motifs is 1. The highest BCUT2D eigenvalue weighted by Crippen LogP contribution is 2.36. The van der Waals surface area contributed by atoms with Crippen molar-refractivity contribution in [2.75, 3.05) is 55.4 Å². The number of para-hydroxylation sites is 1. The Labute approximate surface area is 243 Å². The van der Waals surface area contributed by atoms with E-state index in [1.165, 1.54) is 0 Å². The molecule has 212 valence electrons. The average Bonchev–Trinajstić information content (AvgIpc) is 3.50. The number of aliphatic hydroxyl groups is 3. The van der Waals surface area contributed by atoms with Gasteiger partial charge in [-0.2, -0.15) is 4.98 Å². The van der Waals surface area contributed by atoms with Crippen LogP contribution in [0, 0.1) is 5.92 Å². The van der Waals surface area contributed by atoms with Crippen molar-refractivity contribution in [3.05, 3.63) is 54.7 Å². The summed E-state index contributed by atoms with van der Waals surface area (Å²) in [6, 6.07) is 15.7. The summed E-state index contributed by atoms with van der Waals surface area (Å²) in [4.78, 5) is 18.9. The molecule has 3 heterocycles. The molecule has 2 aliphatic rings. The highest BCUT2D eigenvalue weighted by Gasteiger charge is 2.41. The van der Waals surface area contributed by atoms with Crippen LogP contribution in [0.4, 0.5) is 23.1 Å². The number of nitrogens with one attached hydrogen (secondary N) is 2. The summed E-state index contributed by atoms with van der Waals surface area (Å²) < 4.78 is 1.05. The number of piperazine rings is 1. The third-order valence-corrected chi connectivity index (χ3v) is 8.71. The van der Waals surface area contributed by atoms with Gasteiger partial charge in [0.2, 0.25) is 5.95 Å². The monoisotopic (exact) mass is 583 g/mol. The average molecular weight is 584 g/mol. The van der Waals surface area contributed by atoms with Crippen LogP contribution >= 0.6 is 23.7 Å². The molecule has 1 saturated carbocycles. The van der Waals surface area contributed by atoms with Crippen LogP contribution in [0.3, 0.4) is 0 Å². The summed E-state index contributed by atoms with van der Waals surface area (Å²) in [5.41, 5.74) is 3.63. The maximum absolute atomic E-state index is 10.7. The number of nitrogens with zero attached hydrogens (tertiary/aromatic N) is 5. The number of thiazole rings is 1. The van der Waals surface area contributed by atoms with Crippen molar-refractivity contribution in [1.29, 1.82) is 0 Å². The minimum absolute atomic E-state index is 0. The van der Waals surface area contributed by atoms with Gasteiger partial charge in [-0.1, -0.05) is 18.2 Å². The smallest absolute Gasteiger partial charge is 0.229 e. The van der Waals surface area contributed by atoms with Gasteiger partial charge in [-0.05, 0) is 43.8 Å². The zero-order valence-electron chi connectivity index (χ0n) is 22.1. The van der Waals surface area contributed by atoms with Crippen LogP contribution in [-0.4, -0.2) is 93.3 Å². The Bertz CT molecular complexity index is 1420. The quantitative estimate of drug-likeness (QED) is 0.221. The van der Waals surface area contributed by atoms with Gasteiger partial charge in [0.05, 0.1) is 27.9 Å². The zero-order valence-corrected chi connectivity index (χ0v) is 23.8. The van der Waals surface area contributed by atoms with E-state index in [2.05, 4.69) is 44.6 Å². The molecule has 1 aliphatic heterocycles. The fraction of sp³-hybridized carbons (Fsp3) is 0.393. The second-order valence-electron chi connectivity index (χ2n) is 10.3. The predicted octanol–water partition coefficient (Wildman–Crippen LogP) is 3.19. The van der Waals surface area contributed by atoms with Crippen LogP contribution in [0.1, 0.15) is 6.42 Å². The van der Waals surface area contributed by atoms with Gasteiger partial charge < -0.3 is 35.8 Å². The number of halogens is 1. The SMILES string of the molecule is CN1CCN(c2cccc(Nc3ncc(-c4nc5ccccc5s4)c(NC4C[C@H](CO)[C@@H](O)[C@H]4O)n3)c2)CC1.Cl. The summed E-state index contributed by atoms with van der Waals surface area (Å²) in [5, 5.41) is 38.1. The lowest BCUT2D eigenvalue weighted by Gasteiger charge is -2.34. The molecule has 0 amide bonds. The van der Waals surface area contributed by atoms with E-state index in [4.69, 9.17) is 9.97 Å². The summed E-state index contributed by atoms with van der Waals surface area (Å²) in [7, 11) is 2.14. The van der Waals surface area contributed by atoms with Gasteiger partial charge in [0.1, 0.15) is 16.9 Å². The van der Waals surface area contributed by atoms with E-state index in [-0.39, 0.29) is 19.0 Å². The first-order chi connectivity index (χ1) is 19.0. The van der Waals surface area contributed by atoms with Gasteiger partial charge in [0, 0.05) is 56.3 Å². The summed E-state index contributed by atoms with van der Waals surface area (Å²) in [6.45, 7) is 3.82. The Morgan fingerprint density at radius 3 is 2.55 bits per heavy atom. The van der Waals surface area contributed by atoms with Crippen LogP contribution in [0.5, 0.6) is 0 Å². The van der Waals surface area contributed by atoms with Crippen LogP contribution < -0.4 is 15.5 Å². The molecular weight excluding hydrogens is 550 g/mol. The van der Waals surface area contributed by atoms with E-state index in [1.54, 1.807) is 17.5 Å². The van der Waals surface area contributed by atoms with E-state index in [9.17, 15) is 15.3 Å². The normalized spacial score (nSPS) is 23.2. The van der Waals surface area contributed by atoms with Crippen molar-refractivity contribution in [1.82, 2.24) is 19.9 Å². The largest absolute Gasteiger partial charge is 0.396 e. The summed E-state index contributed by atoms with van der Waals surface area (Å²) in [6.07, 6.45) is 0.117. The molecule has 0 radical (unpaired) electrons. The Hall–Kier alpha value is -3.06. The summed E-state index contributed by atoms with van der Waals surface area (Å²) >= 11 is 1.54. The fourth-order valence-electron chi connectivity index (χ4n) is 5.29.